The molecule has 1 aliphatic rings. The SMILES string of the molecule is COc1ccc(NC(=O)CN2C(=O)S/C(=C/c3cc(I)c(OCC(=O)O)c(OC)c3)C2=O)cc1. The summed E-state index contributed by atoms with van der Waals surface area (Å²) in [5.41, 5.74) is 1.04. The summed E-state index contributed by atoms with van der Waals surface area (Å²) in [6, 6.07) is 9.85. The number of thioether (sulfide) groups is 1. The van der Waals surface area contributed by atoms with E-state index in [0.29, 0.717) is 20.6 Å². The lowest BCUT2D eigenvalue weighted by Gasteiger charge is -2.13. The van der Waals surface area contributed by atoms with Gasteiger partial charge in [-0.05, 0) is 82.4 Å². The number of methoxy groups -OCH3 is 2. The molecule has 0 saturated carbocycles. The lowest BCUT2D eigenvalue weighted by atomic mass is 10.2. The topological polar surface area (TPSA) is 131 Å². The number of anilines is 1. The molecule has 12 heteroatoms. The molecule has 0 unspecified atom stereocenters. The molecule has 178 valence electrons. The van der Waals surface area contributed by atoms with E-state index in [-0.39, 0.29) is 16.4 Å². The van der Waals surface area contributed by atoms with Crippen LogP contribution < -0.4 is 19.5 Å². The minimum Gasteiger partial charge on any atom is -0.497 e. The molecule has 10 nitrogen and oxygen atoms in total. The molecule has 0 bridgehead atoms. The number of amides is 3. The number of rotatable bonds is 9. The number of ether oxygens (including phenoxy) is 3. The molecular weight excluding hydrogens is 579 g/mol. The first-order chi connectivity index (χ1) is 16.2. The van der Waals surface area contributed by atoms with Crippen LogP contribution in [0.3, 0.4) is 0 Å². The third-order valence-electron chi connectivity index (χ3n) is 4.44. The molecule has 1 heterocycles. The number of carbonyl (C=O) groups excluding carboxylic acids is 3. The number of aliphatic carboxylic acids is 1. The lowest BCUT2D eigenvalue weighted by Crippen LogP contribution is -2.36. The highest BCUT2D eigenvalue weighted by molar-refractivity contribution is 14.1. The highest BCUT2D eigenvalue weighted by atomic mass is 127. The number of benzene rings is 2. The maximum absolute atomic E-state index is 12.8. The van der Waals surface area contributed by atoms with E-state index in [1.807, 2.05) is 22.6 Å². The molecule has 0 aliphatic carbocycles. The van der Waals surface area contributed by atoms with E-state index in [4.69, 9.17) is 19.3 Å². The van der Waals surface area contributed by atoms with Crippen LogP contribution in [0.25, 0.3) is 6.08 Å². The molecule has 0 atom stereocenters. The summed E-state index contributed by atoms with van der Waals surface area (Å²) in [4.78, 5) is 49.3. The number of hydrogen-bond donors (Lipinski definition) is 2. The van der Waals surface area contributed by atoms with Crippen molar-refractivity contribution in [1.29, 1.82) is 0 Å². The van der Waals surface area contributed by atoms with Gasteiger partial charge in [-0.25, -0.2) is 4.79 Å². The van der Waals surface area contributed by atoms with E-state index < -0.39 is 36.2 Å². The Balaban J connectivity index is 1.72. The zero-order valence-corrected chi connectivity index (χ0v) is 21.0. The summed E-state index contributed by atoms with van der Waals surface area (Å²) in [5, 5.41) is 10.9. The van der Waals surface area contributed by atoms with E-state index in [1.165, 1.54) is 20.3 Å². The van der Waals surface area contributed by atoms with Gasteiger partial charge in [-0.15, -0.1) is 0 Å². The molecule has 2 N–H and O–H groups in total. The Kier molecular flexibility index (Phi) is 8.39. The summed E-state index contributed by atoms with van der Waals surface area (Å²) in [6.07, 6.45) is 1.50. The van der Waals surface area contributed by atoms with Gasteiger partial charge in [-0.2, -0.15) is 0 Å². The van der Waals surface area contributed by atoms with Crippen molar-refractivity contribution in [3.63, 3.8) is 0 Å². The van der Waals surface area contributed by atoms with E-state index in [2.05, 4.69) is 5.32 Å². The van der Waals surface area contributed by atoms with Crippen LogP contribution in [-0.4, -0.2) is 60.4 Å². The Labute approximate surface area is 212 Å². The van der Waals surface area contributed by atoms with Gasteiger partial charge in [-0.1, -0.05) is 0 Å². The summed E-state index contributed by atoms with van der Waals surface area (Å²) in [6.45, 7) is -0.972. The number of halogens is 1. The Hall–Kier alpha value is -3.26. The van der Waals surface area contributed by atoms with E-state index in [9.17, 15) is 19.2 Å². The average Bonchev–Trinajstić information content (AvgIpc) is 3.05. The molecule has 0 radical (unpaired) electrons. The molecule has 34 heavy (non-hydrogen) atoms. The maximum Gasteiger partial charge on any atom is 0.341 e. The predicted octanol–water partition coefficient (Wildman–Crippen LogP) is 3.45. The number of carboxylic acid groups (broad SMARTS) is 1. The van der Waals surface area contributed by atoms with Crippen molar-refractivity contribution in [2.45, 2.75) is 0 Å². The molecular formula is C22H19IN2O8S. The van der Waals surface area contributed by atoms with Gasteiger partial charge in [0.15, 0.2) is 18.1 Å². The van der Waals surface area contributed by atoms with Gasteiger partial charge in [0.05, 0.1) is 22.7 Å². The van der Waals surface area contributed by atoms with Crippen molar-refractivity contribution in [2.75, 3.05) is 32.7 Å². The van der Waals surface area contributed by atoms with Crippen LogP contribution in [-0.2, 0) is 14.4 Å². The van der Waals surface area contributed by atoms with Crippen LogP contribution in [0.4, 0.5) is 10.5 Å². The molecule has 3 amide bonds. The van der Waals surface area contributed by atoms with Gasteiger partial charge in [0.1, 0.15) is 12.3 Å². The van der Waals surface area contributed by atoms with Crippen LogP contribution >= 0.6 is 34.4 Å². The first-order valence-electron chi connectivity index (χ1n) is 9.63. The number of carbonyl (C=O) groups is 4. The Morgan fingerprint density at radius 2 is 1.85 bits per heavy atom. The van der Waals surface area contributed by atoms with Gasteiger partial charge in [-0.3, -0.25) is 19.3 Å². The quantitative estimate of drug-likeness (QED) is 0.329. The normalized spacial score (nSPS) is 14.3. The van der Waals surface area contributed by atoms with Gasteiger partial charge in [0, 0.05) is 5.69 Å². The predicted molar refractivity (Wildman–Crippen MR) is 133 cm³/mol. The van der Waals surface area contributed by atoms with Gasteiger partial charge in [0.2, 0.25) is 5.91 Å². The first kappa shape index (κ1) is 25.4. The smallest absolute Gasteiger partial charge is 0.341 e. The molecule has 0 aromatic heterocycles. The van der Waals surface area contributed by atoms with Crippen molar-refractivity contribution >= 4 is 69.1 Å². The first-order valence-corrected chi connectivity index (χ1v) is 11.5. The average molecular weight is 598 g/mol. The molecule has 2 aromatic rings. The second kappa shape index (κ2) is 11.2. The number of carboxylic acids is 1. The minimum atomic E-state index is -1.13. The number of nitrogens with one attached hydrogen (secondary N) is 1. The van der Waals surface area contributed by atoms with Crippen molar-refractivity contribution in [1.82, 2.24) is 4.90 Å². The standard InChI is InChI=1S/C22H19IN2O8S/c1-31-14-5-3-13(4-6-14)24-18(26)10-25-21(29)17(34-22(25)30)9-12-7-15(23)20(16(8-12)32-2)33-11-19(27)28/h3-9H,10-11H2,1-2H3,(H,24,26)(H,27,28)/b17-9+. The molecule has 2 aromatic carbocycles. The van der Waals surface area contributed by atoms with Crippen LogP contribution in [0.5, 0.6) is 17.2 Å². The highest BCUT2D eigenvalue weighted by Gasteiger charge is 2.36. The number of hydrogen-bond acceptors (Lipinski definition) is 8. The van der Waals surface area contributed by atoms with E-state index in [0.717, 1.165) is 16.7 Å². The lowest BCUT2D eigenvalue weighted by molar-refractivity contribution is -0.139. The Morgan fingerprint density at radius 3 is 2.47 bits per heavy atom. The molecule has 3 rings (SSSR count). The Bertz CT molecular complexity index is 1170. The van der Waals surface area contributed by atoms with E-state index in [1.54, 1.807) is 36.4 Å². The minimum absolute atomic E-state index is 0.138. The van der Waals surface area contributed by atoms with Crippen LogP contribution in [0.2, 0.25) is 0 Å². The van der Waals surface area contributed by atoms with Crippen molar-refractivity contribution < 1.29 is 38.5 Å². The van der Waals surface area contributed by atoms with Crippen LogP contribution in [0, 0.1) is 3.57 Å². The van der Waals surface area contributed by atoms with E-state index >= 15 is 0 Å². The summed E-state index contributed by atoms with van der Waals surface area (Å²) >= 11 is 2.67. The third kappa shape index (κ3) is 6.20. The van der Waals surface area contributed by atoms with Gasteiger partial charge in [0.25, 0.3) is 11.1 Å². The number of imide groups is 1. The fourth-order valence-corrected chi connectivity index (χ4v) is 4.52. The third-order valence-corrected chi connectivity index (χ3v) is 6.15. The van der Waals surface area contributed by atoms with Crippen LogP contribution in [0.1, 0.15) is 5.56 Å². The zero-order chi connectivity index (χ0) is 24.8. The van der Waals surface area contributed by atoms with Crippen LogP contribution in [0.15, 0.2) is 41.3 Å². The molecule has 0 spiro atoms. The van der Waals surface area contributed by atoms with Crippen molar-refractivity contribution in [3.8, 4) is 17.2 Å². The molecule has 1 aliphatic heterocycles. The molecule has 1 saturated heterocycles. The fourth-order valence-electron chi connectivity index (χ4n) is 2.90. The summed E-state index contributed by atoms with van der Waals surface area (Å²) < 4.78 is 16.2. The second-order valence-corrected chi connectivity index (χ2v) is 8.92. The number of nitrogens with zero attached hydrogens (tertiary/aromatic N) is 1. The van der Waals surface area contributed by atoms with Gasteiger partial charge >= 0.3 is 5.97 Å². The molecule has 1 fully saturated rings. The zero-order valence-electron chi connectivity index (χ0n) is 18.0. The fraction of sp³-hybridized carbons (Fsp3) is 0.182. The van der Waals surface area contributed by atoms with Gasteiger partial charge < -0.3 is 24.6 Å². The largest absolute Gasteiger partial charge is 0.497 e. The Morgan fingerprint density at radius 1 is 1.15 bits per heavy atom. The second-order valence-electron chi connectivity index (χ2n) is 6.76. The highest BCUT2D eigenvalue weighted by Crippen LogP contribution is 2.37. The van der Waals surface area contributed by atoms with Crippen molar-refractivity contribution in [3.05, 3.63) is 50.4 Å². The monoisotopic (exact) mass is 598 g/mol. The summed E-state index contributed by atoms with van der Waals surface area (Å²) in [5.74, 6) is -1.10. The van der Waals surface area contributed by atoms with Crippen molar-refractivity contribution in [2.24, 2.45) is 0 Å². The maximum atomic E-state index is 12.8. The summed E-state index contributed by atoms with van der Waals surface area (Å²) in [7, 11) is 2.93.